The molecule has 1 aromatic heterocycles. The number of nitriles is 1. The van der Waals surface area contributed by atoms with Crippen molar-refractivity contribution >= 4 is 33.7 Å². The van der Waals surface area contributed by atoms with E-state index in [2.05, 4.69) is 11.4 Å². The lowest BCUT2D eigenvalue weighted by Gasteiger charge is -2.29. The molecule has 132 valence electrons. The van der Waals surface area contributed by atoms with Crippen LogP contribution in [-0.2, 0) is 0 Å². The number of nitrogens with one attached hydrogen (secondary N) is 1. The Balaban J connectivity index is 1.62. The van der Waals surface area contributed by atoms with E-state index in [1.165, 1.54) is 0 Å². The highest BCUT2D eigenvalue weighted by atomic mass is 16.5. The number of para-hydroxylation sites is 1. The van der Waals surface area contributed by atoms with Crippen LogP contribution in [0.4, 0.5) is 10.5 Å². The number of hydrogen-bond donors (Lipinski definition) is 1. The molecule has 0 unspecified atom stereocenters. The minimum Gasteiger partial charge on any atom is -0.495 e. The van der Waals surface area contributed by atoms with Gasteiger partial charge < -0.3 is 19.4 Å². The summed E-state index contributed by atoms with van der Waals surface area (Å²) >= 11 is 0. The van der Waals surface area contributed by atoms with Crippen LogP contribution in [0.15, 0.2) is 40.8 Å². The van der Waals surface area contributed by atoms with Crippen molar-refractivity contribution in [1.82, 2.24) is 4.90 Å². The van der Waals surface area contributed by atoms with Gasteiger partial charge in [0.2, 0.25) is 0 Å². The number of nitrogens with zero attached hydrogens (tertiary/aromatic N) is 2. The van der Waals surface area contributed by atoms with Gasteiger partial charge in [-0.2, -0.15) is 5.26 Å². The fraction of sp³-hybridized carbons (Fsp3) is 0.300. The second-order valence-electron chi connectivity index (χ2n) is 6.47. The number of methoxy groups -OCH3 is 1. The highest BCUT2D eigenvalue weighted by molar-refractivity contribution is 6.07. The van der Waals surface area contributed by atoms with Gasteiger partial charge in [-0.1, -0.05) is 18.2 Å². The van der Waals surface area contributed by atoms with Crippen molar-refractivity contribution in [1.29, 1.82) is 5.26 Å². The summed E-state index contributed by atoms with van der Waals surface area (Å²) in [5, 5.41) is 13.9. The summed E-state index contributed by atoms with van der Waals surface area (Å²) in [6.07, 6.45) is 1.42. The first kappa shape index (κ1) is 16.3. The first-order valence-electron chi connectivity index (χ1n) is 8.64. The predicted molar refractivity (Wildman–Crippen MR) is 99.2 cm³/mol. The van der Waals surface area contributed by atoms with Crippen molar-refractivity contribution in [2.45, 2.75) is 12.8 Å². The van der Waals surface area contributed by atoms with Crippen LogP contribution in [0.2, 0.25) is 0 Å². The first-order chi connectivity index (χ1) is 12.7. The number of amides is 2. The van der Waals surface area contributed by atoms with Crippen LogP contribution in [0.1, 0.15) is 12.8 Å². The van der Waals surface area contributed by atoms with Crippen molar-refractivity contribution in [2.75, 3.05) is 25.5 Å². The average Bonchev–Trinajstić information content (AvgIpc) is 3.04. The maximum atomic E-state index is 12.6. The summed E-state index contributed by atoms with van der Waals surface area (Å²) in [6, 6.07) is 13.6. The third kappa shape index (κ3) is 2.82. The van der Waals surface area contributed by atoms with Gasteiger partial charge in [0.05, 0.1) is 18.9 Å². The molecule has 3 aromatic rings. The highest BCUT2D eigenvalue weighted by Crippen LogP contribution is 2.36. The van der Waals surface area contributed by atoms with Gasteiger partial charge in [0.1, 0.15) is 16.9 Å². The molecule has 2 amide bonds. The highest BCUT2D eigenvalue weighted by Gasteiger charge is 2.23. The molecule has 6 heteroatoms. The molecule has 2 aromatic carbocycles. The molecule has 0 bridgehead atoms. The number of furan rings is 1. The summed E-state index contributed by atoms with van der Waals surface area (Å²) in [5.74, 6) is 0.629. The van der Waals surface area contributed by atoms with E-state index in [0.717, 1.165) is 16.4 Å². The molecule has 1 aliphatic rings. The number of ether oxygens (including phenoxy) is 1. The third-order valence-electron chi connectivity index (χ3n) is 4.91. The van der Waals surface area contributed by atoms with Crippen LogP contribution >= 0.6 is 0 Å². The van der Waals surface area contributed by atoms with Gasteiger partial charge in [-0.25, -0.2) is 4.79 Å². The molecule has 0 atom stereocenters. The Bertz CT molecular complexity index is 1010. The molecule has 6 nitrogen and oxygen atoms in total. The minimum atomic E-state index is -0.185. The molecule has 1 saturated heterocycles. The second-order valence-corrected chi connectivity index (χ2v) is 6.47. The summed E-state index contributed by atoms with van der Waals surface area (Å²) in [5.41, 5.74) is 2.07. The van der Waals surface area contributed by atoms with Gasteiger partial charge in [-0.3, -0.25) is 0 Å². The third-order valence-corrected chi connectivity index (χ3v) is 4.91. The zero-order valence-electron chi connectivity index (χ0n) is 14.5. The smallest absolute Gasteiger partial charge is 0.321 e. The van der Waals surface area contributed by atoms with Crippen LogP contribution < -0.4 is 10.1 Å². The summed E-state index contributed by atoms with van der Waals surface area (Å²) in [6.45, 7) is 1.17. The molecule has 26 heavy (non-hydrogen) atoms. The lowest BCUT2D eigenvalue weighted by Crippen LogP contribution is -2.40. The molecule has 1 aliphatic heterocycles. The van der Waals surface area contributed by atoms with Crippen molar-refractivity contribution in [3.8, 4) is 11.8 Å². The number of rotatable bonds is 2. The van der Waals surface area contributed by atoms with Crippen LogP contribution in [-0.4, -0.2) is 31.1 Å². The molecule has 0 spiro atoms. The molecular formula is C20H19N3O3. The number of carbonyl (C=O) groups is 1. The van der Waals surface area contributed by atoms with Gasteiger partial charge in [0.25, 0.3) is 0 Å². The monoisotopic (exact) mass is 349 g/mol. The van der Waals surface area contributed by atoms with Crippen molar-refractivity contribution in [3.63, 3.8) is 0 Å². The Morgan fingerprint density at radius 3 is 2.73 bits per heavy atom. The number of piperidine rings is 1. The lowest BCUT2D eigenvalue weighted by atomic mass is 9.99. The number of carbonyl (C=O) groups excluding carboxylic acids is 1. The zero-order valence-corrected chi connectivity index (χ0v) is 14.5. The number of urea groups is 1. The van der Waals surface area contributed by atoms with Crippen LogP contribution in [0.25, 0.3) is 21.9 Å². The molecule has 0 saturated carbocycles. The minimum absolute atomic E-state index is 0.0421. The Labute approximate surface area is 150 Å². The van der Waals surface area contributed by atoms with E-state index < -0.39 is 0 Å². The number of anilines is 1. The second kappa shape index (κ2) is 6.60. The quantitative estimate of drug-likeness (QED) is 0.745. The van der Waals surface area contributed by atoms with Gasteiger partial charge in [0.15, 0.2) is 0 Å². The molecule has 4 rings (SSSR count). The SMILES string of the molecule is COc1cc2c(cc1NC(=O)N1CCC(C#N)CC1)oc1ccccc12. The Hall–Kier alpha value is -3.20. The maximum absolute atomic E-state index is 12.6. The summed E-state index contributed by atoms with van der Waals surface area (Å²) in [4.78, 5) is 14.3. The summed E-state index contributed by atoms with van der Waals surface area (Å²) < 4.78 is 11.4. The van der Waals surface area contributed by atoms with E-state index in [1.54, 1.807) is 18.1 Å². The molecule has 1 fully saturated rings. The van der Waals surface area contributed by atoms with Crippen LogP contribution in [0, 0.1) is 17.2 Å². The van der Waals surface area contributed by atoms with E-state index in [4.69, 9.17) is 14.4 Å². The lowest BCUT2D eigenvalue weighted by molar-refractivity contribution is 0.192. The Morgan fingerprint density at radius 1 is 1.23 bits per heavy atom. The van der Waals surface area contributed by atoms with E-state index in [0.29, 0.717) is 43.0 Å². The standard InChI is InChI=1S/C20H19N3O3/c1-25-19-10-15-14-4-2-3-5-17(14)26-18(15)11-16(19)22-20(24)23-8-6-13(12-21)7-9-23/h2-5,10-11,13H,6-9H2,1H3,(H,22,24). The van der Waals surface area contributed by atoms with E-state index in [1.807, 2.05) is 30.3 Å². The number of likely N-dealkylation sites (tertiary alicyclic amines) is 1. The zero-order chi connectivity index (χ0) is 18.1. The van der Waals surface area contributed by atoms with Crippen molar-refractivity contribution < 1.29 is 13.9 Å². The van der Waals surface area contributed by atoms with Crippen LogP contribution in [0.3, 0.4) is 0 Å². The fourth-order valence-corrected chi connectivity index (χ4v) is 3.42. The van der Waals surface area contributed by atoms with Gasteiger partial charge in [-0.05, 0) is 25.0 Å². The normalized spacial score (nSPS) is 15.2. The molecule has 2 heterocycles. The largest absolute Gasteiger partial charge is 0.495 e. The molecule has 0 radical (unpaired) electrons. The average molecular weight is 349 g/mol. The van der Waals surface area contributed by atoms with E-state index in [-0.39, 0.29) is 11.9 Å². The van der Waals surface area contributed by atoms with E-state index >= 15 is 0 Å². The van der Waals surface area contributed by atoms with E-state index in [9.17, 15) is 4.79 Å². The molecule has 1 N–H and O–H groups in total. The summed E-state index contributed by atoms with van der Waals surface area (Å²) in [7, 11) is 1.58. The first-order valence-corrected chi connectivity index (χ1v) is 8.64. The number of fused-ring (bicyclic) bond motifs is 3. The Kier molecular flexibility index (Phi) is 4.13. The van der Waals surface area contributed by atoms with Crippen molar-refractivity contribution in [2.24, 2.45) is 5.92 Å². The predicted octanol–water partition coefficient (Wildman–Crippen LogP) is 4.36. The van der Waals surface area contributed by atoms with Crippen LogP contribution in [0.5, 0.6) is 5.75 Å². The van der Waals surface area contributed by atoms with Gasteiger partial charge >= 0.3 is 6.03 Å². The number of benzene rings is 2. The van der Waals surface area contributed by atoms with Gasteiger partial charge in [-0.15, -0.1) is 0 Å². The van der Waals surface area contributed by atoms with Gasteiger partial charge in [0, 0.05) is 35.8 Å². The Morgan fingerprint density at radius 2 is 2.00 bits per heavy atom. The molecular weight excluding hydrogens is 330 g/mol. The van der Waals surface area contributed by atoms with Crippen molar-refractivity contribution in [3.05, 3.63) is 36.4 Å². The number of hydrogen-bond acceptors (Lipinski definition) is 4. The fourth-order valence-electron chi connectivity index (χ4n) is 3.42. The topological polar surface area (TPSA) is 78.5 Å². The molecule has 0 aliphatic carbocycles. The maximum Gasteiger partial charge on any atom is 0.321 e.